The summed E-state index contributed by atoms with van der Waals surface area (Å²) in [5.74, 6) is 0. The summed E-state index contributed by atoms with van der Waals surface area (Å²) in [4.78, 5) is 2.41. The van der Waals surface area contributed by atoms with Gasteiger partial charge in [-0.05, 0) is 115 Å². The van der Waals surface area contributed by atoms with Crippen molar-refractivity contribution >= 4 is 27.8 Å². The van der Waals surface area contributed by atoms with E-state index < -0.39 is 5.41 Å². The summed E-state index contributed by atoms with van der Waals surface area (Å²) in [6.45, 7) is 4.75. The fraction of sp³-hybridized carbons (Fsp3) is 0.0800. The molecular weight excluding hydrogens is 615 g/mol. The highest BCUT2D eigenvalue weighted by molar-refractivity contribution is 5.94. The first-order valence-electron chi connectivity index (χ1n) is 17.9. The second kappa shape index (κ2) is 11.2. The number of hydrogen-bond acceptors (Lipinski definition) is 1. The van der Waals surface area contributed by atoms with Crippen molar-refractivity contribution in [3.8, 4) is 22.3 Å². The first kappa shape index (κ1) is 29.7. The van der Waals surface area contributed by atoms with Crippen LogP contribution in [0.25, 0.3) is 33.0 Å². The lowest BCUT2D eigenvalue weighted by Gasteiger charge is -2.34. The van der Waals surface area contributed by atoms with E-state index in [1.165, 1.54) is 66.4 Å². The largest absolute Gasteiger partial charge is 0.310 e. The zero-order valence-corrected chi connectivity index (χ0v) is 28.8. The number of hydrogen-bond donors (Lipinski definition) is 0. The average Bonchev–Trinajstić information content (AvgIpc) is 3.61. The molecule has 0 saturated heterocycles. The van der Waals surface area contributed by atoms with Gasteiger partial charge in [0.25, 0.3) is 0 Å². The Morgan fingerprint density at radius 3 is 1.47 bits per heavy atom. The van der Waals surface area contributed by atoms with Gasteiger partial charge in [0.1, 0.15) is 0 Å². The van der Waals surface area contributed by atoms with Gasteiger partial charge in [-0.1, -0.05) is 153 Å². The third-order valence-corrected chi connectivity index (χ3v) is 11.5. The minimum absolute atomic E-state index is 0.123. The molecule has 0 atom stereocenters. The Bertz CT molecular complexity index is 2550. The van der Waals surface area contributed by atoms with Crippen LogP contribution in [-0.4, -0.2) is 0 Å². The summed E-state index contributed by atoms with van der Waals surface area (Å²) in [5.41, 5.74) is 16.1. The van der Waals surface area contributed by atoms with Gasteiger partial charge in [-0.2, -0.15) is 0 Å². The van der Waals surface area contributed by atoms with E-state index in [0.717, 1.165) is 17.1 Å². The number of nitrogens with zero attached hydrogens (tertiary/aromatic N) is 1. The standard InChI is InChI=1S/C50H37N/c1-49(2)47-32-35-16-10-9-15-34(35)31-44(47)43-30-29-40(33-48(43)49)51(38-19-7-4-8-20-38)39-27-25-37(26-28-39)50(36-17-5-3-6-18-36)45-23-13-11-21-41(45)42-22-12-14-24-46(42)50/h3-33H,1-2H3. The summed E-state index contributed by atoms with van der Waals surface area (Å²) in [5, 5.41) is 2.58. The van der Waals surface area contributed by atoms with Crippen LogP contribution < -0.4 is 4.90 Å². The quantitative estimate of drug-likeness (QED) is 0.179. The van der Waals surface area contributed by atoms with Gasteiger partial charge in [-0.15, -0.1) is 0 Å². The third kappa shape index (κ3) is 4.28. The molecule has 51 heavy (non-hydrogen) atoms. The second-order valence-corrected chi connectivity index (χ2v) is 14.5. The smallest absolute Gasteiger partial charge is 0.0713 e. The van der Waals surface area contributed by atoms with Gasteiger partial charge in [0.15, 0.2) is 0 Å². The normalized spacial score (nSPS) is 14.4. The topological polar surface area (TPSA) is 3.24 Å². The molecular formula is C50H37N. The maximum atomic E-state index is 2.43. The maximum absolute atomic E-state index is 2.43. The molecule has 0 aromatic heterocycles. The first-order chi connectivity index (χ1) is 25.0. The number of para-hydroxylation sites is 1. The van der Waals surface area contributed by atoms with E-state index in [-0.39, 0.29) is 5.41 Å². The van der Waals surface area contributed by atoms with Crippen LogP contribution in [0.5, 0.6) is 0 Å². The molecule has 8 aromatic rings. The average molecular weight is 652 g/mol. The fourth-order valence-corrected chi connectivity index (χ4v) is 9.15. The second-order valence-electron chi connectivity index (χ2n) is 14.5. The van der Waals surface area contributed by atoms with Crippen molar-refractivity contribution in [1.29, 1.82) is 0 Å². The van der Waals surface area contributed by atoms with Crippen LogP contribution in [0.2, 0.25) is 0 Å². The van der Waals surface area contributed by atoms with E-state index >= 15 is 0 Å². The molecule has 0 amide bonds. The van der Waals surface area contributed by atoms with E-state index in [4.69, 9.17) is 0 Å². The van der Waals surface area contributed by atoms with Gasteiger partial charge in [-0.3, -0.25) is 0 Å². The van der Waals surface area contributed by atoms with E-state index in [0.29, 0.717) is 0 Å². The van der Waals surface area contributed by atoms with Crippen LogP contribution in [-0.2, 0) is 10.8 Å². The molecule has 0 spiro atoms. The zero-order valence-electron chi connectivity index (χ0n) is 28.8. The van der Waals surface area contributed by atoms with Gasteiger partial charge in [0, 0.05) is 22.5 Å². The van der Waals surface area contributed by atoms with Crippen molar-refractivity contribution in [1.82, 2.24) is 0 Å². The maximum Gasteiger partial charge on any atom is 0.0713 e. The SMILES string of the molecule is CC1(C)c2cc(N(c3ccccc3)c3ccc(C4(c5ccccc5)c5ccccc5-c5ccccc54)cc3)ccc2-c2cc3ccccc3cc21. The van der Waals surface area contributed by atoms with Crippen LogP contribution >= 0.6 is 0 Å². The van der Waals surface area contributed by atoms with E-state index in [1.54, 1.807) is 0 Å². The highest BCUT2D eigenvalue weighted by Crippen LogP contribution is 2.56. The third-order valence-electron chi connectivity index (χ3n) is 11.5. The van der Waals surface area contributed by atoms with Crippen molar-refractivity contribution in [2.75, 3.05) is 4.90 Å². The molecule has 2 aliphatic rings. The molecule has 0 saturated carbocycles. The van der Waals surface area contributed by atoms with Gasteiger partial charge < -0.3 is 4.90 Å². The highest BCUT2D eigenvalue weighted by Gasteiger charge is 2.46. The van der Waals surface area contributed by atoms with Crippen LogP contribution in [0.4, 0.5) is 17.1 Å². The lowest BCUT2D eigenvalue weighted by molar-refractivity contribution is 0.661. The summed E-state index contributed by atoms with van der Waals surface area (Å²) in [6, 6.07) is 69.6. The number of anilines is 3. The molecule has 0 unspecified atom stereocenters. The van der Waals surface area contributed by atoms with Crippen molar-refractivity contribution in [2.45, 2.75) is 24.7 Å². The number of benzene rings is 8. The lowest BCUT2D eigenvalue weighted by Crippen LogP contribution is -2.28. The Kier molecular flexibility index (Phi) is 6.51. The number of fused-ring (bicyclic) bond motifs is 7. The molecule has 1 heteroatoms. The van der Waals surface area contributed by atoms with E-state index in [9.17, 15) is 0 Å². The van der Waals surface area contributed by atoms with Gasteiger partial charge >= 0.3 is 0 Å². The van der Waals surface area contributed by atoms with Crippen molar-refractivity contribution in [3.63, 3.8) is 0 Å². The Balaban J connectivity index is 1.13. The molecule has 0 aliphatic heterocycles. The predicted octanol–water partition coefficient (Wildman–Crippen LogP) is 13.0. The summed E-state index contributed by atoms with van der Waals surface area (Å²) in [7, 11) is 0. The highest BCUT2D eigenvalue weighted by atomic mass is 15.1. The zero-order chi connectivity index (χ0) is 34.2. The van der Waals surface area contributed by atoms with Gasteiger partial charge in [0.05, 0.1) is 5.41 Å². The molecule has 0 fully saturated rings. The van der Waals surface area contributed by atoms with Crippen LogP contribution in [0.15, 0.2) is 188 Å². The molecule has 0 N–H and O–H groups in total. The Labute approximate surface area is 300 Å². The van der Waals surface area contributed by atoms with Crippen LogP contribution in [0, 0.1) is 0 Å². The predicted molar refractivity (Wildman–Crippen MR) is 213 cm³/mol. The van der Waals surface area contributed by atoms with Crippen LogP contribution in [0.1, 0.15) is 47.2 Å². The molecule has 0 bridgehead atoms. The molecule has 8 aromatic carbocycles. The van der Waals surface area contributed by atoms with Crippen LogP contribution in [0.3, 0.4) is 0 Å². The summed E-state index contributed by atoms with van der Waals surface area (Å²) < 4.78 is 0. The Morgan fingerprint density at radius 2 is 0.804 bits per heavy atom. The van der Waals surface area contributed by atoms with Gasteiger partial charge in [0.2, 0.25) is 0 Å². The van der Waals surface area contributed by atoms with Crippen molar-refractivity contribution < 1.29 is 0 Å². The molecule has 10 rings (SSSR count). The van der Waals surface area contributed by atoms with Gasteiger partial charge in [-0.25, -0.2) is 0 Å². The molecule has 0 heterocycles. The van der Waals surface area contributed by atoms with E-state index in [2.05, 4.69) is 207 Å². The fourth-order valence-electron chi connectivity index (χ4n) is 9.15. The first-order valence-corrected chi connectivity index (χ1v) is 17.9. The Hall–Kier alpha value is -6.18. The molecule has 2 aliphatic carbocycles. The summed E-state index contributed by atoms with van der Waals surface area (Å²) >= 11 is 0. The molecule has 0 radical (unpaired) electrons. The van der Waals surface area contributed by atoms with Crippen molar-refractivity contribution in [3.05, 3.63) is 221 Å². The van der Waals surface area contributed by atoms with E-state index in [1.807, 2.05) is 0 Å². The minimum Gasteiger partial charge on any atom is -0.310 e. The Morgan fingerprint density at radius 1 is 0.333 bits per heavy atom. The summed E-state index contributed by atoms with van der Waals surface area (Å²) in [6.07, 6.45) is 0. The molecule has 242 valence electrons. The lowest BCUT2D eigenvalue weighted by atomic mass is 9.68. The molecule has 1 nitrogen and oxygen atoms in total. The monoisotopic (exact) mass is 651 g/mol. The number of rotatable bonds is 5. The van der Waals surface area contributed by atoms with Crippen molar-refractivity contribution in [2.24, 2.45) is 0 Å². The minimum atomic E-state index is -0.419.